The molecule has 5 nitrogen and oxygen atoms in total. The maximum atomic E-state index is 13.7. The van der Waals surface area contributed by atoms with Gasteiger partial charge < -0.3 is 15.5 Å². The Balaban J connectivity index is 1.65. The summed E-state index contributed by atoms with van der Waals surface area (Å²) in [4.78, 5) is 26.6. The van der Waals surface area contributed by atoms with E-state index in [-0.39, 0.29) is 17.2 Å². The van der Waals surface area contributed by atoms with E-state index in [1.165, 1.54) is 24.3 Å². The lowest BCUT2D eigenvalue weighted by atomic mass is 10.1. The molecule has 0 saturated carbocycles. The standard InChI is InChI=1S/C22H19F2N3O2/c1-27(2)18-10-8-17(9-11-18)25-21(28)14-3-5-15(6-4-14)22(29)26-20-12-7-16(23)13-19(20)24/h3-13H,1-2H3,(H,25,28)(H,26,29). The highest BCUT2D eigenvalue weighted by Gasteiger charge is 2.12. The fourth-order valence-electron chi connectivity index (χ4n) is 2.60. The van der Waals surface area contributed by atoms with Gasteiger partial charge in [0, 0.05) is 42.7 Å². The van der Waals surface area contributed by atoms with Crippen LogP contribution in [0, 0.1) is 11.6 Å². The Kier molecular flexibility index (Phi) is 5.87. The first kappa shape index (κ1) is 20.0. The number of anilines is 3. The summed E-state index contributed by atoms with van der Waals surface area (Å²) in [6, 6.07) is 16.2. The maximum absolute atomic E-state index is 13.7. The van der Waals surface area contributed by atoms with Gasteiger partial charge in [0.1, 0.15) is 11.6 Å². The van der Waals surface area contributed by atoms with Gasteiger partial charge >= 0.3 is 0 Å². The molecule has 0 bridgehead atoms. The molecule has 2 amide bonds. The third kappa shape index (κ3) is 4.95. The minimum absolute atomic E-state index is 0.126. The van der Waals surface area contributed by atoms with Gasteiger partial charge in [-0.1, -0.05) is 0 Å². The molecule has 7 heteroatoms. The molecular weight excluding hydrogens is 376 g/mol. The molecule has 3 rings (SSSR count). The molecule has 148 valence electrons. The van der Waals surface area contributed by atoms with Gasteiger partial charge in [-0.3, -0.25) is 9.59 Å². The van der Waals surface area contributed by atoms with Gasteiger partial charge in [0.25, 0.3) is 11.8 Å². The van der Waals surface area contributed by atoms with Crippen LogP contribution >= 0.6 is 0 Å². The highest BCUT2D eigenvalue weighted by Crippen LogP contribution is 2.18. The topological polar surface area (TPSA) is 61.4 Å². The average molecular weight is 395 g/mol. The first-order valence-electron chi connectivity index (χ1n) is 8.79. The Morgan fingerprint density at radius 1 is 0.759 bits per heavy atom. The summed E-state index contributed by atoms with van der Waals surface area (Å²) in [5, 5.41) is 5.15. The zero-order valence-corrected chi connectivity index (χ0v) is 15.9. The molecule has 2 N–H and O–H groups in total. The number of carbonyl (C=O) groups excluding carboxylic acids is 2. The molecule has 0 fully saturated rings. The van der Waals surface area contributed by atoms with E-state index in [0.717, 1.165) is 17.8 Å². The highest BCUT2D eigenvalue weighted by molar-refractivity contribution is 6.07. The van der Waals surface area contributed by atoms with Crippen LogP contribution in [-0.2, 0) is 0 Å². The third-order valence-electron chi connectivity index (χ3n) is 4.23. The van der Waals surface area contributed by atoms with Crippen LogP contribution < -0.4 is 15.5 Å². The predicted molar refractivity (Wildman–Crippen MR) is 109 cm³/mol. The molecule has 0 aliphatic rings. The van der Waals surface area contributed by atoms with E-state index in [1.54, 1.807) is 12.1 Å². The zero-order valence-electron chi connectivity index (χ0n) is 15.9. The molecule has 3 aromatic carbocycles. The second-order valence-electron chi connectivity index (χ2n) is 6.55. The Labute approximate surface area is 167 Å². The van der Waals surface area contributed by atoms with Crippen molar-refractivity contribution in [3.63, 3.8) is 0 Å². The Hall–Kier alpha value is -3.74. The quantitative estimate of drug-likeness (QED) is 0.667. The van der Waals surface area contributed by atoms with E-state index < -0.39 is 17.5 Å². The molecule has 0 aliphatic heterocycles. The summed E-state index contributed by atoms with van der Waals surface area (Å²) >= 11 is 0. The van der Waals surface area contributed by atoms with E-state index >= 15 is 0 Å². The first-order valence-corrected chi connectivity index (χ1v) is 8.79. The smallest absolute Gasteiger partial charge is 0.255 e. The summed E-state index contributed by atoms with van der Waals surface area (Å²) in [5.41, 5.74) is 2.14. The maximum Gasteiger partial charge on any atom is 0.255 e. The minimum atomic E-state index is -0.866. The van der Waals surface area contributed by atoms with E-state index in [0.29, 0.717) is 17.3 Å². The van der Waals surface area contributed by atoms with Crippen molar-refractivity contribution in [2.75, 3.05) is 29.6 Å². The summed E-state index contributed by atoms with van der Waals surface area (Å²) < 4.78 is 26.6. The van der Waals surface area contributed by atoms with Crippen LogP contribution in [0.5, 0.6) is 0 Å². The van der Waals surface area contributed by atoms with Gasteiger partial charge in [-0.25, -0.2) is 8.78 Å². The summed E-state index contributed by atoms with van der Waals surface area (Å²) in [5.74, 6) is -2.48. The molecule has 0 aromatic heterocycles. The van der Waals surface area contributed by atoms with Crippen molar-refractivity contribution >= 4 is 28.9 Å². The lowest BCUT2D eigenvalue weighted by Crippen LogP contribution is -2.15. The molecule has 0 atom stereocenters. The fraction of sp³-hybridized carbons (Fsp3) is 0.0909. The Morgan fingerprint density at radius 2 is 1.31 bits per heavy atom. The van der Waals surface area contributed by atoms with Crippen molar-refractivity contribution in [3.8, 4) is 0 Å². The lowest BCUT2D eigenvalue weighted by molar-refractivity contribution is 0.101. The SMILES string of the molecule is CN(C)c1ccc(NC(=O)c2ccc(C(=O)Nc3ccc(F)cc3F)cc2)cc1. The summed E-state index contributed by atoms with van der Waals surface area (Å²) in [6.07, 6.45) is 0. The molecule has 0 saturated heterocycles. The molecule has 3 aromatic rings. The number of hydrogen-bond acceptors (Lipinski definition) is 3. The fourth-order valence-corrected chi connectivity index (χ4v) is 2.60. The zero-order chi connectivity index (χ0) is 21.0. The van der Waals surface area contributed by atoms with Crippen molar-refractivity contribution in [2.45, 2.75) is 0 Å². The molecule has 0 aliphatic carbocycles. The van der Waals surface area contributed by atoms with Crippen molar-refractivity contribution in [2.24, 2.45) is 0 Å². The number of benzene rings is 3. The molecule has 0 heterocycles. The minimum Gasteiger partial charge on any atom is -0.378 e. The van der Waals surface area contributed by atoms with Gasteiger partial charge in [-0.2, -0.15) is 0 Å². The number of amides is 2. The highest BCUT2D eigenvalue weighted by atomic mass is 19.1. The average Bonchev–Trinajstić information content (AvgIpc) is 2.70. The number of hydrogen-bond donors (Lipinski definition) is 2. The first-order chi connectivity index (χ1) is 13.8. The second kappa shape index (κ2) is 8.52. The molecule has 0 radical (unpaired) electrons. The number of rotatable bonds is 5. The van der Waals surface area contributed by atoms with Gasteiger partial charge in [0.05, 0.1) is 5.69 Å². The van der Waals surface area contributed by atoms with Gasteiger partial charge in [-0.15, -0.1) is 0 Å². The van der Waals surface area contributed by atoms with Crippen molar-refractivity contribution in [3.05, 3.63) is 89.5 Å². The van der Waals surface area contributed by atoms with Gasteiger partial charge in [-0.05, 0) is 60.7 Å². The van der Waals surface area contributed by atoms with Crippen LogP contribution in [0.3, 0.4) is 0 Å². The Bertz CT molecular complexity index is 1030. The lowest BCUT2D eigenvalue weighted by Gasteiger charge is -2.13. The van der Waals surface area contributed by atoms with Crippen molar-refractivity contribution < 1.29 is 18.4 Å². The Morgan fingerprint density at radius 3 is 1.83 bits per heavy atom. The molecular formula is C22H19F2N3O2. The van der Waals surface area contributed by atoms with Crippen LogP contribution in [0.2, 0.25) is 0 Å². The van der Waals surface area contributed by atoms with Crippen molar-refractivity contribution in [1.29, 1.82) is 0 Å². The largest absolute Gasteiger partial charge is 0.378 e. The van der Waals surface area contributed by atoms with Crippen LogP contribution in [0.15, 0.2) is 66.7 Å². The number of carbonyl (C=O) groups is 2. The predicted octanol–water partition coefficient (Wildman–Crippen LogP) is 4.54. The van der Waals surface area contributed by atoms with E-state index in [9.17, 15) is 18.4 Å². The summed E-state index contributed by atoms with van der Waals surface area (Å²) in [7, 11) is 3.85. The van der Waals surface area contributed by atoms with Crippen molar-refractivity contribution in [1.82, 2.24) is 0 Å². The van der Waals surface area contributed by atoms with E-state index in [4.69, 9.17) is 0 Å². The van der Waals surface area contributed by atoms with E-state index in [1.807, 2.05) is 31.1 Å². The van der Waals surface area contributed by atoms with Gasteiger partial charge in [0.15, 0.2) is 0 Å². The number of halogens is 2. The van der Waals surface area contributed by atoms with Crippen LogP contribution in [0.4, 0.5) is 25.8 Å². The number of nitrogens with one attached hydrogen (secondary N) is 2. The normalized spacial score (nSPS) is 10.3. The molecule has 0 unspecified atom stereocenters. The van der Waals surface area contributed by atoms with Gasteiger partial charge in [0.2, 0.25) is 0 Å². The molecule has 0 spiro atoms. The number of nitrogens with zero attached hydrogens (tertiary/aromatic N) is 1. The van der Waals surface area contributed by atoms with Crippen LogP contribution in [0.25, 0.3) is 0 Å². The molecule has 29 heavy (non-hydrogen) atoms. The monoisotopic (exact) mass is 395 g/mol. The third-order valence-corrected chi connectivity index (χ3v) is 4.23. The van der Waals surface area contributed by atoms with E-state index in [2.05, 4.69) is 10.6 Å². The van der Waals surface area contributed by atoms with Crippen LogP contribution in [0.1, 0.15) is 20.7 Å². The van der Waals surface area contributed by atoms with Crippen LogP contribution in [-0.4, -0.2) is 25.9 Å². The summed E-state index contributed by atoms with van der Waals surface area (Å²) in [6.45, 7) is 0. The second-order valence-corrected chi connectivity index (χ2v) is 6.55.